The first-order valence-electron chi connectivity index (χ1n) is 9.07. The Morgan fingerprint density at radius 1 is 1.21 bits per heavy atom. The number of nitrogens with zero attached hydrogens (tertiary/aromatic N) is 2. The van der Waals surface area contributed by atoms with Gasteiger partial charge in [-0.1, -0.05) is 17.4 Å². The third kappa shape index (κ3) is 3.57. The molecule has 0 saturated carbocycles. The SMILES string of the molecule is COc1ccc2nc(NC(=O)C3CC(=O)N(c4cc(C)cc(C)c4)C3)sc2c1. The van der Waals surface area contributed by atoms with Crippen molar-refractivity contribution in [2.24, 2.45) is 5.92 Å². The number of rotatable bonds is 4. The molecule has 3 aromatic rings. The van der Waals surface area contributed by atoms with Gasteiger partial charge in [-0.2, -0.15) is 0 Å². The number of benzene rings is 2. The first-order valence-corrected chi connectivity index (χ1v) is 9.88. The zero-order valence-electron chi connectivity index (χ0n) is 16.0. The molecule has 28 heavy (non-hydrogen) atoms. The highest BCUT2D eigenvalue weighted by atomic mass is 32.1. The number of hydrogen-bond acceptors (Lipinski definition) is 5. The number of amides is 2. The number of fused-ring (bicyclic) bond motifs is 1. The van der Waals surface area contributed by atoms with Crippen LogP contribution in [-0.2, 0) is 9.59 Å². The molecular formula is C21H21N3O3S. The Balaban J connectivity index is 1.49. The first kappa shape index (κ1) is 18.4. The normalized spacial score (nSPS) is 16.6. The highest BCUT2D eigenvalue weighted by Gasteiger charge is 2.35. The van der Waals surface area contributed by atoms with Gasteiger partial charge in [-0.05, 0) is 55.3 Å². The van der Waals surface area contributed by atoms with E-state index in [0.29, 0.717) is 11.7 Å². The summed E-state index contributed by atoms with van der Waals surface area (Å²) in [5.41, 5.74) is 3.85. The van der Waals surface area contributed by atoms with E-state index < -0.39 is 5.92 Å². The van der Waals surface area contributed by atoms with Crippen LogP contribution < -0.4 is 15.0 Å². The monoisotopic (exact) mass is 395 g/mol. The van der Waals surface area contributed by atoms with Crippen LogP contribution in [0.25, 0.3) is 10.2 Å². The Morgan fingerprint density at radius 3 is 2.68 bits per heavy atom. The lowest BCUT2D eigenvalue weighted by Gasteiger charge is -2.18. The molecule has 1 atom stereocenters. The second kappa shape index (κ2) is 7.24. The third-order valence-corrected chi connectivity index (χ3v) is 5.77. The van der Waals surface area contributed by atoms with Gasteiger partial charge in [0.25, 0.3) is 0 Å². The summed E-state index contributed by atoms with van der Waals surface area (Å²) in [7, 11) is 1.61. The molecule has 0 bridgehead atoms. The summed E-state index contributed by atoms with van der Waals surface area (Å²) in [5.74, 6) is 0.153. The molecule has 144 valence electrons. The lowest BCUT2D eigenvalue weighted by molar-refractivity contribution is -0.122. The lowest BCUT2D eigenvalue weighted by Crippen LogP contribution is -2.28. The zero-order valence-corrected chi connectivity index (χ0v) is 16.8. The molecule has 1 saturated heterocycles. The van der Waals surface area contributed by atoms with E-state index in [4.69, 9.17) is 4.74 Å². The molecule has 1 N–H and O–H groups in total. The molecule has 2 amide bonds. The van der Waals surface area contributed by atoms with Crippen LogP contribution in [0.3, 0.4) is 0 Å². The third-order valence-electron chi connectivity index (χ3n) is 4.84. The Hall–Kier alpha value is -2.93. The second-order valence-corrected chi connectivity index (χ2v) is 8.12. The van der Waals surface area contributed by atoms with E-state index in [9.17, 15) is 9.59 Å². The van der Waals surface area contributed by atoms with Gasteiger partial charge in [0.2, 0.25) is 11.8 Å². The van der Waals surface area contributed by atoms with Gasteiger partial charge in [-0.25, -0.2) is 4.98 Å². The minimum Gasteiger partial charge on any atom is -0.497 e. The Bertz CT molecular complexity index is 1060. The molecule has 7 heteroatoms. The fourth-order valence-corrected chi connectivity index (χ4v) is 4.43. The maximum atomic E-state index is 12.7. The van der Waals surface area contributed by atoms with Gasteiger partial charge in [-0.15, -0.1) is 0 Å². The van der Waals surface area contributed by atoms with Crippen molar-refractivity contribution in [1.82, 2.24) is 4.98 Å². The summed E-state index contributed by atoms with van der Waals surface area (Å²) in [6.07, 6.45) is 0.206. The van der Waals surface area contributed by atoms with E-state index in [0.717, 1.165) is 32.8 Å². The van der Waals surface area contributed by atoms with Crippen LogP contribution in [0.4, 0.5) is 10.8 Å². The first-order chi connectivity index (χ1) is 13.4. The number of thiazole rings is 1. The topological polar surface area (TPSA) is 71.5 Å². The lowest BCUT2D eigenvalue weighted by atomic mass is 10.1. The van der Waals surface area contributed by atoms with Gasteiger partial charge in [0.1, 0.15) is 5.75 Å². The smallest absolute Gasteiger partial charge is 0.231 e. The summed E-state index contributed by atoms with van der Waals surface area (Å²) in [6, 6.07) is 11.6. The molecule has 2 aromatic carbocycles. The van der Waals surface area contributed by atoms with Gasteiger partial charge in [0.05, 0.1) is 23.2 Å². The zero-order chi connectivity index (χ0) is 19.8. The highest BCUT2D eigenvalue weighted by Crippen LogP contribution is 2.31. The minimum absolute atomic E-state index is 0.0285. The van der Waals surface area contributed by atoms with Crippen molar-refractivity contribution in [3.63, 3.8) is 0 Å². The summed E-state index contributed by atoms with van der Waals surface area (Å²) in [6.45, 7) is 4.39. The number of aromatic nitrogens is 1. The Kier molecular flexibility index (Phi) is 4.77. The van der Waals surface area contributed by atoms with E-state index in [-0.39, 0.29) is 18.2 Å². The van der Waals surface area contributed by atoms with Crippen LogP contribution in [0.1, 0.15) is 17.5 Å². The number of methoxy groups -OCH3 is 1. The van der Waals surface area contributed by atoms with Crippen LogP contribution in [0.15, 0.2) is 36.4 Å². The molecule has 6 nitrogen and oxygen atoms in total. The number of carbonyl (C=O) groups is 2. The molecule has 0 aliphatic carbocycles. The fourth-order valence-electron chi connectivity index (χ4n) is 3.53. The van der Waals surface area contributed by atoms with E-state index in [1.54, 1.807) is 12.0 Å². The van der Waals surface area contributed by atoms with Crippen LogP contribution in [0.5, 0.6) is 5.75 Å². The maximum Gasteiger partial charge on any atom is 0.231 e. The predicted octanol–water partition coefficient (Wildman–Crippen LogP) is 3.91. The molecule has 1 aliphatic rings. The Labute approximate surface area is 167 Å². The molecular weight excluding hydrogens is 374 g/mol. The van der Waals surface area contributed by atoms with Gasteiger partial charge < -0.3 is 15.0 Å². The average molecular weight is 395 g/mol. The van der Waals surface area contributed by atoms with E-state index >= 15 is 0 Å². The predicted molar refractivity (Wildman–Crippen MR) is 111 cm³/mol. The number of carbonyl (C=O) groups excluding carboxylic acids is 2. The fraction of sp³-hybridized carbons (Fsp3) is 0.286. The van der Waals surface area contributed by atoms with Gasteiger partial charge in [0.15, 0.2) is 5.13 Å². The summed E-state index contributed by atoms with van der Waals surface area (Å²) < 4.78 is 6.16. The van der Waals surface area contributed by atoms with Crippen molar-refractivity contribution >= 4 is 44.2 Å². The minimum atomic E-state index is -0.394. The highest BCUT2D eigenvalue weighted by molar-refractivity contribution is 7.22. The molecule has 0 radical (unpaired) electrons. The van der Waals surface area contributed by atoms with Gasteiger partial charge >= 0.3 is 0 Å². The largest absolute Gasteiger partial charge is 0.497 e. The molecule has 1 fully saturated rings. The van der Waals surface area contributed by atoms with Crippen molar-refractivity contribution in [2.75, 3.05) is 23.9 Å². The average Bonchev–Trinajstić information content (AvgIpc) is 3.22. The van der Waals surface area contributed by atoms with Crippen LogP contribution in [-0.4, -0.2) is 30.5 Å². The van der Waals surface area contributed by atoms with Gasteiger partial charge in [0, 0.05) is 18.7 Å². The quantitative estimate of drug-likeness (QED) is 0.727. The standard InChI is InChI=1S/C21H21N3O3S/c1-12-6-13(2)8-15(7-12)24-11-14(9-19(24)25)20(26)23-21-22-17-5-4-16(27-3)10-18(17)28-21/h4-8,10,14H,9,11H2,1-3H3,(H,22,23,26). The van der Waals surface area contributed by atoms with Crippen molar-refractivity contribution in [3.8, 4) is 5.75 Å². The van der Waals surface area contributed by atoms with E-state index in [1.165, 1.54) is 11.3 Å². The maximum absolute atomic E-state index is 12.7. The molecule has 1 aliphatic heterocycles. The van der Waals surface area contributed by atoms with Gasteiger partial charge in [-0.3, -0.25) is 9.59 Å². The van der Waals surface area contributed by atoms with Crippen LogP contribution >= 0.6 is 11.3 Å². The van der Waals surface area contributed by atoms with Crippen molar-refractivity contribution in [3.05, 3.63) is 47.5 Å². The van der Waals surface area contributed by atoms with Crippen LogP contribution in [0.2, 0.25) is 0 Å². The summed E-state index contributed by atoms with van der Waals surface area (Å²) >= 11 is 1.39. The number of hydrogen-bond donors (Lipinski definition) is 1. The number of aryl methyl sites for hydroxylation is 2. The van der Waals surface area contributed by atoms with Crippen molar-refractivity contribution in [1.29, 1.82) is 0 Å². The van der Waals surface area contributed by atoms with E-state index in [2.05, 4.69) is 16.4 Å². The second-order valence-electron chi connectivity index (χ2n) is 7.09. The van der Waals surface area contributed by atoms with E-state index in [1.807, 2.05) is 44.2 Å². The van der Waals surface area contributed by atoms with Crippen molar-refractivity contribution in [2.45, 2.75) is 20.3 Å². The molecule has 4 rings (SSSR count). The summed E-state index contributed by atoms with van der Waals surface area (Å²) in [4.78, 5) is 31.4. The molecule has 2 heterocycles. The van der Waals surface area contributed by atoms with Crippen LogP contribution in [0, 0.1) is 19.8 Å². The molecule has 1 aromatic heterocycles. The number of ether oxygens (including phenoxy) is 1. The van der Waals surface area contributed by atoms with Crippen molar-refractivity contribution < 1.29 is 14.3 Å². The Morgan fingerprint density at radius 2 is 1.96 bits per heavy atom. The number of anilines is 2. The molecule has 1 unspecified atom stereocenters. The molecule has 0 spiro atoms. The summed E-state index contributed by atoms with van der Waals surface area (Å²) in [5, 5.41) is 3.41. The number of nitrogens with one attached hydrogen (secondary N) is 1.